The Morgan fingerprint density at radius 1 is 1.58 bits per heavy atom. The predicted molar refractivity (Wildman–Crippen MR) is 69.2 cm³/mol. The maximum atomic E-state index is 11.5. The summed E-state index contributed by atoms with van der Waals surface area (Å²) in [5.41, 5.74) is 0.684. The fourth-order valence-electron chi connectivity index (χ4n) is 1.88. The van der Waals surface area contributed by atoms with Crippen molar-refractivity contribution in [2.45, 2.75) is 27.2 Å². The van der Waals surface area contributed by atoms with Crippen molar-refractivity contribution in [2.24, 2.45) is 5.41 Å². The molecular formula is C14H17NO4. The normalized spacial score (nSPS) is 19.5. The van der Waals surface area contributed by atoms with Crippen molar-refractivity contribution in [3.05, 3.63) is 29.3 Å². The number of H-pyrrole nitrogens is 1. The van der Waals surface area contributed by atoms with E-state index >= 15 is 0 Å². The van der Waals surface area contributed by atoms with E-state index in [4.69, 9.17) is 9.47 Å². The Kier molecular flexibility index (Phi) is 3.46. The lowest BCUT2D eigenvalue weighted by Crippen LogP contribution is -2.16. The van der Waals surface area contributed by atoms with E-state index in [1.165, 1.54) is 0 Å². The molecule has 1 aliphatic rings. The molecule has 102 valence electrons. The summed E-state index contributed by atoms with van der Waals surface area (Å²) in [6.45, 7) is 5.78. The number of allylic oxidation sites excluding steroid dienone is 1. The maximum Gasteiger partial charge on any atom is 0.339 e. The van der Waals surface area contributed by atoms with Crippen LogP contribution in [0.1, 0.15) is 43.2 Å². The first-order valence-electron chi connectivity index (χ1n) is 6.21. The van der Waals surface area contributed by atoms with E-state index in [2.05, 4.69) is 4.98 Å². The van der Waals surface area contributed by atoms with Crippen LogP contribution in [-0.2, 0) is 14.3 Å². The summed E-state index contributed by atoms with van der Waals surface area (Å²) >= 11 is 0. The molecule has 1 saturated heterocycles. The SMILES string of the molecule is CCOC(=O)c1c[nH]c(/C=C2\CC(C)(C)C(=O)O2)c1. The van der Waals surface area contributed by atoms with Gasteiger partial charge in [0, 0.05) is 24.4 Å². The molecular weight excluding hydrogens is 246 g/mol. The molecule has 0 aromatic carbocycles. The van der Waals surface area contributed by atoms with Gasteiger partial charge in [0.15, 0.2) is 0 Å². The molecule has 1 fully saturated rings. The Hall–Kier alpha value is -2.04. The predicted octanol–water partition coefficient (Wildman–Crippen LogP) is 2.51. The van der Waals surface area contributed by atoms with Gasteiger partial charge in [-0.2, -0.15) is 0 Å². The summed E-state index contributed by atoms with van der Waals surface area (Å²) in [5, 5.41) is 0. The number of nitrogens with one attached hydrogen (secondary N) is 1. The number of hydrogen-bond donors (Lipinski definition) is 1. The summed E-state index contributed by atoms with van der Waals surface area (Å²) in [4.78, 5) is 26.0. The molecule has 1 N–H and O–H groups in total. The van der Waals surface area contributed by atoms with Crippen LogP contribution in [0.5, 0.6) is 0 Å². The molecule has 2 rings (SSSR count). The van der Waals surface area contributed by atoms with Gasteiger partial charge in [-0.3, -0.25) is 4.79 Å². The smallest absolute Gasteiger partial charge is 0.339 e. The van der Waals surface area contributed by atoms with Gasteiger partial charge in [0.2, 0.25) is 0 Å². The number of carbonyl (C=O) groups is 2. The van der Waals surface area contributed by atoms with Gasteiger partial charge in [-0.25, -0.2) is 4.79 Å². The van der Waals surface area contributed by atoms with Gasteiger partial charge in [-0.15, -0.1) is 0 Å². The second-order valence-electron chi connectivity index (χ2n) is 5.12. The minimum Gasteiger partial charge on any atom is -0.462 e. The fraction of sp³-hybridized carbons (Fsp3) is 0.429. The molecule has 0 spiro atoms. The fourth-order valence-corrected chi connectivity index (χ4v) is 1.88. The number of cyclic esters (lactones) is 1. The summed E-state index contributed by atoms with van der Waals surface area (Å²) in [6, 6.07) is 1.67. The van der Waals surface area contributed by atoms with Gasteiger partial charge in [-0.1, -0.05) is 0 Å². The van der Waals surface area contributed by atoms with Gasteiger partial charge in [0.25, 0.3) is 0 Å². The highest BCUT2D eigenvalue weighted by molar-refractivity contribution is 5.90. The Morgan fingerprint density at radius 3 is 2.89 bits per heavy atom. The van der Waals surface area contributed by atoms with Crippen molar-refractivity contribution in [1.82, 2.24) is 4.98 Å². The standard InChI is InChI=1S/C14H17NO4/c1-4-18-12(16)9-5-10(15-8-9)6-11-7-14(2,3)13(17)19-11/h5-6,8,15H,4,7H2,1-3H3/b11-6+. The monoisotopic (exact) mass is 263 g/mol. The largest absolute Gasteiger partial charge is 0.462 e. The highest BCUT2D eigenvalue weighted by Crippen LogP contribution is 2.36. The zero-order valence-corrected chi connectivity index (χ0v) is 11.3. The number of aromatic nitrogens is 1. The van der Waals surface area contributed by atoms with Crippen LogP contribution in [0.2, 0.25) is 0 Å². The van der Waals surface area contributed by atoms with Crippen LogP contribution in [-0.4, -0.2) is 23.5 Å². The molecule has 2 heterocycles. The van der Waals surface area contributed by atoms with Crippen LogP contribution in [0.3, 0.4) is 0 Å². The quantitative estimate of drug-likeness (QED) is 0.851. The van der Waals surface area contributed by atoms with Crippen LogP contribution in [0.25, 0.3) is 6.08 Å². The van der Waals surface area contributed by atoms with Crippen LogP contribution in [0.4, 0.5) is 0 Å². The van der Waals surface area contributed by atoms with Crippen molar-refractivity contribution < 1.29 is 19.1 Å². The average molecular weight is 263 g/mol. The number of carbonyl (C=O) groups excluding carboxylic acids is 2. The third-order valence-electron chi connectivity index (χ3n) is 2.93. The van der Waals surface area contributed by atoms with Crippen LogP contribution < -0.4 is 0 Å². The van der Waals surface area contributed by atoms with Crippen molar-refractivity contribution in [3.8, 4) is 0 Å². The Balaban J connectivity index is 2.13. The first kappa shape index (κ1) is 13.4. The second kappa shape index (κ2) is 4.91. The summed E-state index contributed by atoms with van der Waals surface area (Å²) in [5.74, 6) is 0.00956. The molecule has 0 atom stereocenters. The number of rotatable bonds is 3. The Labute approximate surface area is 111 Å². The van der Waals surface area contributed by atoms with E-state index in [1.807, 2.05) is 13.8 Å². The minimum atomic E-state index is -0.484. The maximum absolute atomic E-state index is 11.5. The summed E-state index contributed by atoms with van der Waals surface area (Å²) in [7, 11) is 0. The lowest BCUT2D eigenvalue weighted by Gasteiger charge is -2.07. The first-order chi connectivity index (χ1) is 8.92. The number of aromatic amines is 1. The van der Waals surface area contributed by atoms with Gasteiger partial charge in [0.05, 0.1) is 17.6 Å². The lowest BCUT2D eigenvalue weighted by atomic mass is 9.91. The zero-order valence-electron chi connectivity index (χ0n) is 11.3. The molecule has 0 amide bonds. The molecule has 0 bridgehead atoms. The van der Waals surface area contributed by atoms with E-state index in [9.17, 15) is 9.59 Å². The van der Waals surface area contributed by atoms with Gasteiger partial charge in [0.1, 0.15) is 5.76 Å². The molecule has 19 heavy (non-hydrogen) atoms. The number of hydrogen-bond acceptors (Lipinski definition) is 4. The number of ether oxygens (including phenoxy) is 2. The molecule has 1 aromatic rings. The van der Waals surface area contributed by atoms with Crippen molar-refractivity contribution in [2.75, 3.05) is 6.61 Å². The van der Waals surface area contributed by atoms with Gasteiger partial charge in [-0.05, 0) is 26.8 Å². The van der Waals surface area contributed by atoms with Crippen molar-refractivity contribution in [3.63, 3.8) is 0 Å². The summed E-state index contributed by atoms with van der Waals surface area (Å²) in [6.07, 6.45) is 3.86. The third kappa shape index (κ3) is 2.86. The molecule has 5 nitrogen and oxygen atoms in total. The molecule has 1 aliphatic heterocycles. The first-order valence-corrected chi connectivity index (χ1v) is 6.21. The zero-order chi connectivity index (χ0) is 14.0. The minimum absolute atomic E-state index is 0.226. The Bertz CT molecular complexity index is 539. The van der Waals surface area contributed by atoms with Crippen LogP contribution in [0.15, 0.2) is 18.0 Å². The topological polar surface area (TPSA) is 68.4 Å². The van der Waals surface area contributed by atoms with Gasteiger partial charge >= 0.3 is 11.9 Å². The van der Waals surface area contributed by atoms with E-state index in [0.29, 0.717) is 30.0 Å². The molecule has 0 saturated carbocycles. The highest BCUT2D eigenvalue weighted by Gasteiger charge is 2.38. The summed E-state index contributed by atoms with van der Waals surface area (Å²) < 4.78 is 10.1. The average Bonchev–Trinajstić information content (AvgIpc) is 2.85. The van der Waals surface area contributed by atoms with E-state index in [1.54, 1.807) is 25.3 Å². The lowest BCUT2D eigenvalue weighted by molar-refractivity contribution is -0.142. The van der Waals surface area contributed by atoms with Crippen LogP contribution >= 0.6 is 0 Å². The molecule has 0 aliphatic carbocycles. The van der Waals surface area contributed by atoms with Crippen molar-refractivity contribution in [1.29, 1.82) is 0 Å². The van der Waals surface area contributed by atoms with E-state index in [0.717, 1.165) is 0 Å². The molecule has 5 heteroatoms. The van der Waals surface area contributed by atoms with Crippen LogP contribution in [0, 0.1) is 5.41 Å². The van der Waals surface area contributed by atoms with Crippen molar-refractivity contribution >= 4 is 18.0 Å². The number of esters is 2. The third-order valence-corrected chi connectivity index (χ3v) is 2.93. The molecule has 0 unspecified atom stereocenters. The van der Waals surface area contributed by atoms with Gasteiger partial charge < -0.3 is 14.5 Å². The Morgan fingerprint density at radius 2 is 2.32 bits per heavy atom. The van der Waals surface area contributed by atoms with E-state index in [-0.39, 0.29) is 11.9 Å². The molecule has 1 aromatic heterocycles. The van der Waals surface area contributed by atoms with E-state index < -0.39 is 5.41 Å². The second-order valence-corrected chi connectivity index (χ2v) is 5.12. The molecule has 0 radical (unpaired) electrons. The highest BCUT2D eigenvalue weighted by atomic mass is 16.5.